The van der Waals surface area contributed by atoms with E-state index in [0.717, 1.165) is 75.5 Å². The molecule has 0 atom stereocenters. The molecule has 3 aromatic carbocycles. The molecular weight excluding hydrogens is 570 g/mol. The average molecular weight is 620 g/mol. The van der Waals surface area contributed by atoms with Crippen LogP contribution in [-0.4, -0.2) is 44.7 Å². The van der Waals surface area contributed by atoms with E-state index in [1.807, 2.05) is 25.1 Å². The third-order valence-electron chi connectivity index (χ3n) is 8.80. The molecular formula is C36H49N3O4S. The van der Waals surface area contributed by atoms with Crippen molar-refractivity contribution in [2.24, 2.45) is 4.99 Å². The Morgan fingerprint density at radius 1 is 0.818 bits per heavy atom. The molecule has 0 bridgehead atoms. The van der Waals surface area contributed by atoms with Gasteiger partial charge in [-0.1, -0.05) is 93.0 Å². The predicted molar refractivity (Wildman–Crippen MR) is 178 cm³/mol. The molecule has 2 fully saturated rings. The van der Waals surface area contributed by atoms with Gasteiger partial charge in [-0.05, 0) is 86.9 Å². The lowest BCUT2D eigenvalue weighted by molar-refractivity contribution is 0.0190. The summed E-state index contributed by atoms with van der Waals surface area (Å²) in [6.45, 7) is 3.04. The van der Waals surface area contributed by atoms with Crippen molar-refractivity contribution in [1.82, 2.24) is 10.4 Å². The highest BCUT2D eigenvalue weighted by Crippen LogP contribution is 2.24. The maximum atomic E-state index is 13.5. The van der Waals surface area contributed by atoms with Gasteiger partial charge < -0.3 is 10.1 Å². The minimum Gasteiger partial charge on any atom is -0.494 e. The van der Waals surface area contributed by atoms with Gasteiger partial charge in [0.1, 0.15) is 5.75 Å². The van der Waals surface area contributed by atoms with E-state index in [0.29, 0.717) is 19.1 Å². The van der Waals surface area contributed by atoms with Gasteiger partial charge in [0.15, 0.2) is 0 Å². The second-order valence-corrected chi connectivity index (χ2v) is 14.0. The maximum absolute atomic E-state index is 13.5. The normalized spacial score (nSPS) is 17.1. The third-order valence-corrected chi connectivity index (χ3v) is 10.0. The minimum absolute atomic E-state index is 0.161. The van der Waals surface area contributed by atoms with E-state index in [1.165, 1.54) is 36.5 Å². The topological polar surface area (TPSA) is 80.2 Å². The zero-order valence-electron chi connectivity index (χ0n) is 26.3. The molecule has 0 spiro atoms. The summed E-state index contributed by atoms with van der Waals surface area (Å²) >= 11 is 0. The first-order valence-corrected chi connectivity index (χ1v) is 18.1. The van der Waals surface area contributed by atoms with Crippen LogP contribution in [0.3, 0.4) is 0 Å². The van der Waals surface area contributed by atoms with Crippen LogP contribution in [0, 0.1) is 6.92 Å². The summed E-state index contributed by atoms with van der Waals surface area (Å²) < 4.78 is 38.9. The van der Waals surface area contributed by atoms with Crippen molar-refractivity contribution in [1.29, 1.82) is 0 Å². The van der Waals surface area contributed by atoms with Crippen molar-refractivity contribution in [3.63, 3.8) is 0 Å². The van der Waals surface area contributed by atoms with E-state index in [-0.39, 0.29) is 17.0 Å². The van der Waals surface area contributed by atoms with Gasteiger partial charge in [0.05, 0.1) is 24.1 Å². The number of rotatable bonds is 13. The number of benzene rings is 3. The highest BCUT2D eigenvalue weighted by atomic mass is 32.2. The molecule has 0 heterocycles. The zero-order chi connectivity index (χ0) is 30.6. The fourth-order valence-electron chi connectivity index (χ4n) is 6.19. The van der Waals surface area contributed by atoms with Crippen molar-refractivity contribution in [3.05, 3.63) is 72.3 Å². The molecule has 0 amide bonds. The highest BCUT2D eigenvalue weighted by molar-refractivity contribution is 7.86. The van der Waals surface area contributed by atoms with E-state index in [4.69, 9.17) is 14.0 Å². The minimum atomic E-state index is -4.02. The summed E-state index contributed by atoms with van der Waals surface area (Å²) in [4.78, 5) is 5.29. The molecule has 0 radical (unpaired) electrons. The standard InChI is InChI=1S/C36H49N3O4S/c1-29-20-24-35(25-21-29)44(40,41)43-39(36(37-32-16-6-4-7-17-32)38-33-18-8-5-9-19-33)26-12-2-3-13-27-42-34-23-22-30-14-10-11-15-31(30)28-34/h10-11,14-15,20-25,28,32-33H,2-9,12-13,16-19,26-27H2,1H3,(H,37,38). The Bertz CT molecular complexity index is 1450. The number of nitrogens with one attached hydrogen (secondary N) is 1. The molecule has 1 N–H and O–H groups in total. The van der Waals surface area contributed by atoms with Crippen molar-refractivity contribution >= 4 is 26.9 Å². The van der Waals surface area contributed by atoms with E-state index in [9.17, 15) is 8.42 Å². The number of fused-ring (bicyclic) bond motifs is 1. The van der Waals surface area contributed by atoms with Crippen LogP contribution in [0.5, 0.6) is 5.75 Å². The molecule has 2 aliphatic carbocycles. The Morgan fingerprint density at radius 2 is 1.50 bits per heavy atom. The first-order valence-electron chi connectivity index (χ1n) is 16.7. The Labute approximate surface area is 264 Å². The van der Waals surface area contributed by atoms with Crippen molar-refractivity contribution in [3.8, 4) is 5.75 Å². The van der Waals surface area contributed by atoms with Crippen LogP contribution in [0.25, 0.3) is 10.8 Å². The fraction of sp³-hybridized carbons (Fsp3) is 0.528. The van der Waals surface area contributed by atoms with Gasteiger partial charge in [0.25, 0.3) is 0 Å². The number of hydrogen-bond acceptors (Lipinski definition) is 5. The first-order chi connectivity index (χ1) is 21.5. The SMILES string of the molecule is Cc1ccc(S(=O)(=O)ON(CCCCCCOc2ccc3ccccc3c2)C(=NC2CCCCC2)NC2CCCCC2)cc1. The van der Waals surface area contributed by atoms with Crippen LogP contribution in [-0.2, 0) is 14.4 Å². The molecule has 0 saturated heterocycles. The molecule has 8 heteroatoms. The Kier molecular flexibility index (Phi) is 11.9. The Morgan fingerprint density at radius 3 is 2.25 bits per heavy atom. The molecule has 0 aliphatic heterocycles. The first kappa shape index (κ1) is 32.3. The van der Waals surface area contributed by atoms with Crippen LogP contribution < -0.4 is 10.1 Å². The number of guanidine groups is 1. The average Bonchev–Trinajstić information content (AvgIpc) is 3.04. The number of hydroxylamine groups is 2. The monoisotopic (exact) mass is 619 g/mol. The number of ether oxygens (including phenoxy) is 1. The highest BCUT2D eigenvalue weighted by Gasteiger charge is 2.27. The summed E-state index contributed by atoms with van der Waals surface area (Å²) in [6, 6.07) is 21.8. The quantitative estimate of drug-likeness (QED) is 0.0897. The lowest BCUT2D eigenvalue weighted by Crippen LogP contribution is -2.48. The lowest BCUT2D eigenvalue weighted by Gasteiger charge is -2.31. The van der Waals surface area contributed by atoms with E-state index >= 15 is 0 Å². The van der Waals surface area contributed by atoms with Gasteiger partial charge in [0.2, 0.25) is 5.96 Å². The molecule has 2 aliphatic rings. The molecule has 2 saturated carbocycles. The predicted octanol–water partition coefficient (Wildman–Crippen LogP) is 8.32. The third kappa shape index (κ3) is 9.70. The summed E-state index contributed by atoms with van der Waals surface area (Å²) in [6.07, 6.45) is 15.0. The maximum Gasteiger partial charge on any atom is 0.317 e. The van der Waals surface area contributed by atoms with Crippen LogP contribution in [0.1, 0.15) is 95.5 Å². The van der Waals surface area contributed by atoms with Crippen LogP contribution in [0.4, 0.5) is 0 Å². The van der Waals surface area contributed by atoms with Crippen molar-refractivity contribution in [2.75, 3.05) is 13.2 Å². The molecule has 3 aromatic rings. The van der Waals surface area contributed by atoms with Gasteiger partial charge in [-0.3, -0.25) is 0 Å². The largest absolute Gasteiger partial charge is 0.494 e. The molecule has 44 heavy (non-hydrogen) atoms. The second kappa shape index (κ2) is 16.3. The Hall–Kier alpha value is -3.10. The summed E-state index contributed by atoms with van der Waals surface area (Å²) in [5.41, 5.74) is 1.00. The number of aliphatic imine (C=N–C) groups is 1. The molecule has 0 unspecified atom stereocenters. The number of nitrogens with zero attached hydrogens (tertiary/aromatic N) is 2. The Balaban J connectivity index is 1.22. The molecule has 5 rings (SSSR count). The smallest absolute Gasteiger partial charge is 0.317 e. The van der Waals surface area contributed by atoms with Crippen molar-refractivity contribution in [2.45, 2.75) is 114 Å². The van der Waals surface area contributed by atoms with Gasteiger partial charge >= 0.3 is 10.1 Å². The van der Waals surface area contributed by atoms with E-state index in [2.05, 4.69) is 29.6 Å². The lowest BCUT2D eigenvalue weighted by atomic mass is 9.95. The number of aryl methyl sites for hydroxylation is 1. The van der Waals surface area contributed by atoms with E-state index < -0.39 is 10.1 Å². The van der Waals surface area contributed by atoms with Gasteiger partial charge in [-0.25, -0.2) is 10.1 Å². The fourth-order valence-corrected chi connectivity index (χ4v) is 7.13. The van der Waals surface area contributed by atoms with Crippen molar-refractivity contribution < 1.29 is 17.4 Å². The number of hydrogen-bond donors (Lipinski definition) is 1. The van der Waals surface area contributed by atoms with Gasteiger partial charge in [-0.2, -0.15) is 8.42 Å². The van der Waals surface area contributed by atoms with Crippen LogP contribution >= 0.6 is 0 Å². The summed E-state index contributed by atoms with van der Waals surface area (Å²) in [5.74, 6) is 1.47. The van der Waals surface area contributed by atoms with Crippen LogP contribution in [0.15, 0.2) is 76.6 Å². The zero-order valence-corrected chi connectivity index (χ0v) is 27.1. The molecule has 0 aromatic heterocycles. The second-order valence-electron chi connectivity index (χ2n) is 12.4. The molecule has 238 valence electrons. The molecule has 7 nitrogen and oxygen atoms in total. The summed E-state index contributed by atoms with van der Waals surface area (Å²) in [7, 11) is -4.02. The van der Waals surface area contributed by atoms with Gasteiger partial charge in [-0.15, -0.1) is 4.28 Å². The summed E-state index contributed by atoms with van der Waals surface area (Å²) in [5, 5.41) is 7.58. The van der Waals surface area contributed by atoms with Gasteiger partial charge in [0, 0.05) is 6.04 Å². The number of unbranched alkanes of at least 4 members (excludes halogenated alkanes) is 3. The van der Waals surface area contributed by atoms with Crippen LogP contribution in [0.2, 0.25) is 0 Å². The van der Waals surface area contributed by atoms with E-state index in [1.54, 1.807) is 29.3 Å².